The number of nitrogens with two attached hydrogens (primary N) is 1. The first kappa shape index (κ1) is 14.4. The monoisotopic (exact) mass is 281 g/mol. The number of rotatable bonds is 3. The van der Waals surface area contributed by atoms with Crippen LogP contribution in [-0.2, 0) is 12.7 Å². The van der Waals surface area contributed by atoms with E-state index in [9.17, 15) is 13.2 Å². The second-order valence-corrected chi connectivity index (χ2v) is 4.44. The average molecular weight is 281 g/mol. The van der Waals surface area contributed by atoms with Crippen LogP contribution < -0.4 is 10.5 Å². The molecular formula is C15H14F3NO. The first-order valence-corrected chi connectivity index (χ1v) is 6.05. The Bertz CT molecular complexity index is 591. The lowest BCUT2D eigenvalue weighted by Gasteiger charge is -2.12. The topological polar surface area (TPSA) is 35.2 Å². The Morgan fingerprint density at radius 2 is 1.70 bits per heavy atom. The van der Waals surface area contributed by atoms with Gasteiger partial charge in [-0.3, -0.25) is 0 Å². The van der Waals surface area contributed by atoms with Gasteiger partial charge in [-0.15, -0.1) is 0 Å². The first-order chi connectivity index (χ1) is 9.40. The molecule has 0 bridgehead atoms. The van der Waals surface area contributed by atoms with Crippen molar-refractivity contribution in [2.45, 2.75) is 19.6 Å². The summed E-state index contributed by atoms with van der Waals surface area (Å²) in [6.45, 7) is 2.23. The number of ether oxygens (including phenoxy) is 1. The number of alkyl halides is 3. The molecule has 2 aromatic rings. The Kier molecular flexibility index (Phi) is 3.99. The van der Waals surface area contributed by atoms with Crippen LogP contribution in [0.15, 0.2) is 42.5 Å². The molecule has 0 atom stereocenters. The van der Waals surface area contributed by atoms with Crippen LogP contribution in [0.1, 0.15) is 16.7 Å². The number of hydrogen-bond acceptors (Lipinski definition) is 2. The molecule has 2 rings (SSSR count). The Balaban J connectivity index is 2.22. The maximum atomic E-state index is 12.5. The maximum Gasteiger partial charge on any atom is 0.416 e. The molecule has 0 saturated carbocycles. The summed E-state index contributed by atoms with van der Waals surface area (Å²) in [6.07, 6.45) is -4.34. The van der Waals surface area contributed by atoms with Crippen molar-refractivity contribution in [2.24, 2.45) is 5.73 Å². The zero-order chi connectivity index (χ0) is 14.8. The van der Waals surface area contributed by atoms with Crippen LogP contribution in [0.5, 0.6) is 11.5 Å². The summed E-state index contributed by atoms with van der Waals surface area (Å²) < 4.78 is 42.9. The molecule has 5 heteroatoms. The van der Waals surface area contributed by atoms with E-state index in [-0.39, 0.29) is 0 Å². The fourth-order valence-electron chi connectivity index (χ4n) is 1.81. The van der Waals surface area contributed by atoms with Crippen LogP contribution in [0, 0.1) is 6.92 Å². The summed E-state index contributed by atoms with van der Waals surface area (Å²) in [6, 6.07) is 10.1. The molecule has 106 valence electrons. The van der Waals surface area contributed by atoms with Crippen molar-refractivity contribution in [3.05, 3.63) is 59.2 Å². The largest absolute Gasteiger partial charge is 0.457 e. The van der Waals surface area contributed by atoms with Crippen LogP contribution in [0.25, 0.3) is 0 Å². The van der Waals surface area contributed by atoms with Gasteiger partial charge in [0.25, 0.3) is 0 Å². The average Bonchev–Trinajstić information content (AvgIpc) is 2.40. The summed E-state index contributed by atoms with van der Waals surface area (Å²) in [5.74, 6) is 0.898. The van der Waals surface area contributed by atoms with Crippen LogP contribution in [-0.4, -0.2) is 0 Å². The number of halogens is 3. The van der Waals surface area contributed by atoms with Crippen LogP contribution in [0.4, 0.5) is 13.2 Å². The number of benzene rings is 2. The van der Waals surface area contributed by atoms with Crippen molar-refractivity contribution in [3.8, 4) is 11.5 Å². The molecular weight excluding hydrogens is 267 g/mol. The van der Waals surface area contributed by atoms with Gasteiger partial charge in [-0.2, -0.15) is 13.2 Å². The highest BCUT2D eigenvalue weighted by Gasteiger charge is 2.30. The standard InChI is InChI=1S/C15H14F3NO/c1-10-2-7-14(11(8-10)9-19)20-13-5-3-12(4-6-13)15(16,17)18/h2-8H,9,19H2,1H3. The van der Waals surface area contributed by atoms with Crippen molar-refractivity contribution in [2.75, 3.05) is 0 Å². The third kappa shape index (κ3) is 3.30. The van der Waals surface area contributed by atoms with Gasteiger partial charge in [0.1, 0.15) is 11.5 Å². The van der Waals surface area contributed by atoms with Crippen molar-refractivity contribution in [1.29, 1.82) is 0 Å². The van der Waals surface area contributed by atoms with E-state index in [4.69, 9.17) is 10.5 Å². The summed E-state index contributed by atoms with van der Waals surface area (Å²) in [5.41, 5.74) is 6.78. The molecule has 0 spiro atoms. The Labute approximate surface area is 115 Å². The fourth-order valence-corrected chi connectivity index (χ4v) is 1.81. The lowest BCUT2D eigenvalue weighted by atomic mass is 10.1. The minimum atomic E-state index is -4.34. The zero-order valence-electron chi connectivity index (χ0n) is 10.9. The van der Waals surface area contributed by atoms with Gasteiger partial charge in [-0.1, -0.05) is 17.7 Å². The minimum absolute atomic E-state index is 0.303. The third-order valence-electron chi connectivity index (χ3n) is 2.85. The van der Waals surface area contributed by atoms with E-state index in [0.29, 0.717) is 18.0 Å². The van der Waals surface area contributed by atoms with Crippen molar-refractivity contribution in [3.63, 3.8) is 0 Å². The van der Waals surface area contributed by atoms with E-state index in [2.05, 4.69) is 0 Å². The molecule has 0 unspecified atom stereocenters. The Morgan fingerprint density at radius 1 is 1.05 bits per heavy atom. The molecule has 0 aliphatic carbocycles. The predicted octanol–water partition coefficient (Wildman–Crippen LogP) is 4.26. The molecule has 2 aromatic carbocycles. The van der Waals surface area contributed by atoms with E-state index in [1.807, 2.05) is 19.1 Å². The Hall–Kier alpha value is -2.01. The second kappa shape index (κ2) is 5.54. The maximum absolute atomic E-state index is 12.5. The van der Waals surface area contributed by atoms with E-state index in [1.54, 1.807) is 6.07 Å². The van der Waals surface area contributed by atoms with Gasteiger partial charge in [-0.25, -0.2) is 0 Å². The van der Waals surface area contributed by atoms with Gasteiger partial charge in [0.15, 0.2) is 0 Å². The van der Waals surface area contributed by atoms with Gasteiger partial charge in [-0.05, 0) is 37.3 Å². The van der Waals surface area contributed by atoms with Crippen LogP contribution in [0.2, 0.25) is 0 Å². The molecule has 0 aliphatic rings. The zero-order valence-corrected chi connectivity index (χ0v) is 10.9. The normalized spacial score (nSPS) is 11.4. The van der Waals surface area contributed by atoms with Crippen LogP contribution in [0.3, 0.4) is 0 Å². The smallest absolute Gasteiger partial charge is 0.416 e. The molecule has 20 heavy (non-hydrogen) atoms. The minimum Gasteiger partial charge on any atom is -0.457 e. The van der Waals surface area contributed by atoms with Gasteiger partial charge in [0.2, 0.25) is 0 Å². The van der Waals surface area contributed by atoms with E-state index < -0.39 is 11.7 Å². The van der Waals surface area contributed by atoms with Crippen molar-refractivity contribution >= 4 is 0 Å². The number of hydrogen-bond donors (Lipinski definition) is 1. The summed E-state index contributed by atoms with van der Waals surface area (Å²) in [5, 5.41) is 0. The predicted molar refractivity (Wildman–Crippen MR) is 70.6 cm³/mol. The van der Waals surface area contributed by atoms with E-state index >= 15 is 0 Å². The quantitative estimate of drug-likeness (QED) is 0.912. The highest BCUT2D eigenvalue weighted by Crippen LogP contribution is 2.32. The summed E-state index contributed by atoms with van der Waals surface area (Å²) >= 11 is 0. The molecule has 0 radical (unpaired) electrons. The third-order valence-corrected chi connectivity index (χ3v) is 2.85. The summed E-state index contributed by atoms with van der Waals surface area (Å²) in [7, 11) is 0. The molecule has 0 aliphatic heterocycles. The van der Waals surface area contributed by atoms with Gasteiger partial charge in [0.05, 0.1) is 5.56 Å². The molecule has 0 amide bonds. The lowest BCUT2D eigenvalue weighted by Crippen LogP contribution is -2.04. The Morgan fingerprint density at radius 3 is 2.25 bits per heavy atom. The second-order valence-electron chi connectivity index (χ2n) is 4.44. The molecule has 0 aromatic heterocycles. The van der Waals surface area contributed by atoms with Gasteiger partial charge < -0.3 is 10.5 Å². The fraction of sp³-hybridized carbons (Fsp3) is 0.200. The molecule has 2 nitrogen and oxygen atoms in total. The molecule has 0 heterocycles. The molecule has 0 saturated heterocycles. The highest BCUT2D eigenvalue weighted by atomic mass is 19.4. The lowest BCUT2D eigenvalue weighted by molar-refractivity contribution is -0.137. The highest BCUT2D eigenvalue weighted by molar-refractivity contribution is 5.40. The van der Waals surface area contributed by atoms with E-state index in [0.717, 1.165) is 23.3 Å². The summed E-state index contributed by atoms with van der Waals surface area (Å²) in [4.78, 5) is 0. The molecule has 0 fully saturated rings. The van der Waals surface area contributed by atoms with Crippen LogP contribution >= 0.6 is 0 Å². The molecule has 2 N–H and O–H groups in total. The SMILES string of the molecule is Cc1ccc(Oc2ccc(C(F)(F)F)cc2)c(CN)c1. The van der Waals surface area contributed by atoms with E-state index in [1.165, 1.54) is 12.1 Å². The van der Waals surface area contributed by atoms with Gasteiger partial charge >= 0.3 is 6.18 Å². The first-order valence-electron chi connectivity index (χ1n) is 6.05. The van der Waals surface area contributed by atoms with Crippen molar-refractivity contribution < 1.29 is 17.9 Å². The number of aryl methyl sites for hydroxylation is 1. The van der Waals surface area contributed by atoms with Gasteiger partial charge in [0, 0.05) is 12.1 Å². The van der Waals surface area contributed by atoms with Crippen molar-refractivity contribution in [1.82, 2.24) is 0 Å².